The fraction of sp³-hybridized carbons (Fsp3) is 0.214. The largest absolute Gasteiger partial charge is 0.436 e. The average Bonchev–Trinajstić information content (AvgIpc) is 3.45. The molecule has 34 heavy (non-hydrogen) atoms. The highest BCUT2D eigenvalue weighted by atomic mass is 16.5. The van der Waals surface area contributed by atoms with Gasteiger partial charge in [-0.25, -0.2) is 4.98 Å². The Kier molecular flexibility index (Phi) is 5.99. The van der Waals surface area contributed by atoms with Crippen molar-refractivity contribution in [1.29, 1.82) is 5.26 Å². The zero-order valence-electron chi connectivity index (χ0n) is 19.0. The monoisotopic (exact) mass is 452 g/mol. The number of rotatable bonds is 8. The summed E-state index contributed by atoms with van der Waals surface area (Å²) in [6.07, 6.45) is 1.71. The van der Waals surface area contributed by atoms with Crippen LogP contribution in [0.3, 0.4) is 0 Å². The van der Waals surface area contributed by atoms with E-state index in [1.807, 2.05) is 60.7 Å². The minimum absolute atomic E-state index is 0.296. The lowest BCUT2D eigenvalue weighted by molar-refractivity contribution is -0.895. The zero-order valence-corrected chi connectivity index (χ0v) is 19.0. The third kappa shape index (κ3) is 4.02. The predicted octanol–water partition coefficient (Wildman–Crippen LogP) is 3.04. The summed E-state index contributed by atoms with van der Waals surface area (Å²) < 4.78 is 11.9. The second-order valence-corrected chi connectivity index (χ2v) is 8.68. The van der Waals surface area contributed by atoms with Gasteiger partial charge in [-0.1, -0.05) is 60.7 Å². The van der Waals surface area contributed by atoms with E-state index in [9.17, 15) is 5.11 Å². The van der Waals surface area contributed by atoms with Crippen LogP contribution in [0, 0.1) is 11.3 Å². The van der Waals surface area contributed by atoms with E-state index in [4.69, 9.17) is 14.4 Å². The molecule has 0 aliphatic heterocycles. The molecule has 2 N–H and O–H groups in total. The maximum Gasteiger partial charge on any atom is 0.236 e. The van der Waals surface area contributed by atoms with E-state index in [-0.39, 0.29) is 0 Å². The summed E-state index contributed by atoms with van der Waals surface area (Å²) in [4.78, 5) is 5.70. The number of nitriles is 1. The van der Waals surface area contributed by atoms with Crippen molar-refractivity contribution in [2.75, 3.05) is 20.2 Å². The summed E-state index contributed by atoms with van der Waals surface area (Å²) in [6, 6.07) is 25.2. The minimum Gasteiger partial charge on any atom is -0.436 e. The molecule has 0 radical (unpaired) electrons. The van der Waals surface area contributed by atoms with Gasteiger partial charge in [-0.05, 0) is 28.8 Å². The van der Waals surface area contributed by atoms with Gasteiger partial charge in [0.25, 0.3) is 0 Å². The molecule has 1 aromatic heterocycles. The number of likely N-dealkylation sites (N-methyl/N-ethyl adjacent to an activating group) is 1. The fourth-order valence-corrected chi connectivity index (χ4v) is 4.50. The lowest BCUT2D eigenvalue weighted by atomic mass is 9.91. The Labute approximate surface area is 198 Å². The highest BCUT2D eigenvalue weighted by molar-refractivity contribution is 5.81. The Bertz CT molecular complexity index is 1290. The maximum atomic E-state index is 11.8. The Morgan fingerprint density at radius 2 is 1.65 bits per heavy atom. The van der Waals surface area contributed by atoms with E-state index in [1.165, 1.54) is 4.90 Å². The summed E-state index contributed by atoms with van der Waals surface area (Å²) in [5, 5.41) is 20.7. The second kappa shape index (κ2) is 9.24. The highest BCUT2D eigenvalue weighted by Crippen LogP contribution is 2.50. The molecule has 0 bridgehead atoms. The smallest absolute Gasteiger partial charge is 0.236 e. The van der Waals surface area contributed by atoms with E-state index in [0.717, 1.165) is 40.1 Å². The first-order valence-corrected chi connectivity index (χ1v) is 11.3. The molecule has 1 aliphatic rings. The van der Waals surface area contributed by atoms with Crippen LogP contribution in [0.1, 0.15) is 33.9 Å². The molecule has 5 rings (SSSR count). The molecule has 0 fully saturated rings. The first-order valence-electron chi connectivity index (χ1n) is 11.3. The van der Waals surface area contributed by atoms with Gasteiger partial charge in [0.05, 0.1) is 38.1 Å². The van der Waals surface area contributed by atoms with Gasteiger partial charge in [-0.2, -0.15) is 5.26 Å². The molecular formula is C28H26N3O3+. The number of fused-ring (bicyclic) bond motifs is 3. The van der Waals surface area contributed by atoms with Crippen LogP contribution in [0.25, 0.3) is 11.1 Å². The van der Waals surface area contributed by atoms with Gasteiger partial charge in [0, 0.05) is 11.1 Å². The molecule has 0 amide bonds. The highest BCUT2D eigenvalue weighted by Gasteiger charge is 2.46. The van der Waals surface area contributed by atoms with Gasteiger partial charge in [0.1, 0.15) is 13.1 Å². The molecule has 1 heterocycles. The number of hydrogen-bond acceptors (Lipinski definition) is 5. The van der Waals surface area contributed by atoms with Gasteiger partial charge < -0.3 is 19.2 Å². The molecule has 1 aliphatic carbocycles. The normalized spacial score (nSPS) is 14.3. The summed E-state index contributed by atoms with van der Waals surface area (Å²) in [5.41, 5.74) is 3.88. The van der Waals surface area contributed by atoms with Crippen LogP contribution in [-0.2, 0) is 23.5 Å². The molecule has 0 spiro atoms. The molecule has 1 atom stereocenters. The molecule has 1 unspecified atom stereocenters. The summed E-state index contributed by atoms with van der Waals surface area (Å²) in [6.45, 7) is 2.53. The lowest BCUT2D eigenvalue weighted by Gasteiger charge is -2.22. The first kappa shape index (κ1) is 22.1. The summed E-state index contributed by atoms with van der Waals surface area (Å²) in [7, 11) is 2.07. The van der Waals surface area contributed by atoms with Crippen molar-refractivity contribution in [2.45, 2.75) is 18.8 Å². The number of hydrogen-bond donors (Lipinski definition) is 2. The van der Waals surface area contributed by atoms with E-state index in [1.54, 1.807) is 18.3 Å². The molecule has 0 saturated carbocycles. The van der Waals surface area contributed by atoms with E-state index in [2.05, 4.69) is 18.1 Å². The third-order valence-electron chi connectivity index (χ3n) is 6.29. The number of oxazole rings is 1. The van der Waals surface area contributed by atoms with Crippen molar-refractivity contribution >= 4 is 0 Å². The average molecular weight is 453 g/mol. The van der Waals surface area contributed by atoms with Crippen molar-refractivity contribution in [3.63, 3.8) is 0 Å². The van der Waals surface area contributed by atoms with Gasteiger partial charge >= 0.3 is 0 Å². The van der Waals surface area contributed by atoms with Crippen LogP contribution < -0.4 is 4.90 Å². The summed E-state index contributed by atoms with van der Waals surface area (Å²) >= 11 is 0. The van der Waals surface area contributed by atoms with Crippen LogP contribution in [0.2, 0.25) is 0 Å². The molecule has 3 aromatic carbocycles. The first-order chi connectivity index (χ1) is 16.6. The third-order valence-corrected chi connectivity index (χ3v) is 6.29. The second-order valence-electron chi connectivity index (χ2n) is 8.68. The zero-order chi connectivity index (χ0) is 23.5. The van der Waals surface area contributed by atoms with Crippen molar-refractivity contribution in [2.24, 2.45) is 0 Å². The number of aliphatic hydroxyl groups is 1. The molecule has 0 saturated heterocycles. The fourth-order valence-electron chi connectivity index (χ4n) is 4.50. The predicted molar refractivity (Wildman–Crippen MR) is 127 cm³/mol. The maximum absolute atomic E-state index is 11.8. The van der Waals surface area contributed by atoms with Gasteiger partial charge in [-0.3, -0.25) is 0 Å². The standard InChI is InChI=1S/C28H25N3O3/c1-31(14-15-33-19-21-12-10-20(16-29)11-13-21)18-22-17-30-27(34-22)28(32)25-8-4-2-6-23(25)24-7-3-5-9-26(24)28/h2-13,17,32H,14-15,18-19H2,1H3/p+1. The van der Waals surface area contributed by atoms with Crippen LogP contribution in [0.5, 0.6) is 0 Å². The van der Waals surface area contributed by atoms with Gasteiger partial charge in [-0.15, -0.1) is 0 Å². The van der Waals surface area contributed by atoms with Crippen LogP contribution in [0.15, 0.2) is 83.4 Å². The van der Waals surface area contributed by atoms with E-state index < -0.39 is 5.60 Å². The Morgan fingerprint density at radius 1 is 1.00 bits per heavy atom. The molecule has 4 aromatic rings. The van der Waals surface area contributed by atoms with Crippen molar-refractivity contribution in [1.82, 2.24) is 4.98 Å². The van der Waals surface area contributed by atoms with Crippen LogP contribution in [0.4, 0.5) is 0 Å². The number of benzene rings is 3. The Morgan fingerprint density at radius 3 is 2.29 bits per heavy atom. The van der Waals surface area contributed by atoms with Gasteiger partial charge in [0.15, 0.2) is 11.4 Å². The SMILES string of the molecule is C[NH+](CCOCc1ccc(C#N)cc1)Cc1cnc(C2(O)c3ccccc3-c3ccccc32)o1. The molecular weight excluding hydrogens is 426 g/mol. The lowest BCUT2D eigenvalue weighted by Crippen LogP contribution is -3.08. The van der Waals surface area contributed by atoms with Crippen LogP contribution in [-0.4, -0.2) is 30.3 Å². The van der Waals surface area contributed by atoms with E-state index in [0.29, 0.717) is 31.2 Å². The Balaban J connectivity index is 1.22. The van der Waals surface area contributed by atoms with Crippen LogP contribution >= 0.6 is 0 Å². The molecule has 6 nitrogen and oxygen atoms in total. The van der Waals surface area contributed by atoms with Crippen molar-refractivity contribution in [3.05, 3.63) is 113 Å². The number of ether oxygens (including phenoxy) is 1. The minimum atomic E-state index is -1.40. The quantitative estimate of drug-likeness (QED) is 0.402. The van der Waals surface area contributed by atoms with E-state index >= 15 is 0 Å². The number of nitrogens with one attached hydrogen (secondary N) is 1. The topological polar surface area (TPSA) is 83.7 Å². The van der Waals surface area contributed by atoms with Crippen molar-refractivity contribution in [3.8, 4) is 17.2 Å². The Hall–Kier alpha value is -3.76. The molecule has 6 heteroatoms. The van der Waals surface area contributed by atoms with Crippen molar-refractivity contribution < 1.29 is 19.2 Å². The number of aromatic nitrogens is 1. The number of nitrogens with zero attached hydrogens (tertiary/aromatic N) is 2. The van der Waals surface area contributed by atoms with Gasteiger partial charge in [0.2, 0.25) is 5.89 Å². The summed E-state index contributed by atoms with van der Waals surface area (Å²) in [5.74, 6) is 1.01. The number of quaternary nitrogens is 1. The molecule has 170 valence electrons.